The number of aliphatic hydroxyl groups is 1. The highest BCUT2D eigenvalue weighted by molar-refractivity contribution is 6.33. The van der Waals surface area contributed by atoms with Crippen LogP contribution < -0.4 is 5.32 Å². The van der Waals surface area contributed by atoms with Crippen molar-refractivity contribution in [2.75, 3.05) is 32.2 Å². The molecule has 12 heteroatoms. The van der Waals surface area contributed by atoms with Gasteiger partial charge in [-0.25, -0.2) is 24.1 Å². The standard InChI is InChI=1S/C23H26ClFN6O4/c1-11(2)31-16-7-12(6-14(25)20(16)28-21(31)17-9-35-23(33)30(17)3)19-13(24)8-26-22(29-19)27-15-4-5-34-10-18(15)32/h6-8,11,15,17-18,32H,4-5,9-10H2,1-3H3,(H,26,27,29)/t15-,17+,18-/m1/s1. The quantitative estimate of drug-likeness (QED) is 0.542. The molecule has 186 valence electrons. The van der Waals surface area contributed by atoms with E-state index in [1.807, 2.05) is 18.4 Å². The molecule has 5 rings (SSSR count). The van der Waals surface area contributed by atoms with E-state index in [9.17, 15) is 9.90 Å². The number of rotatable bonds is 5. The Labute approximate surface area is 206 Å². The second-order valence-electron chi connectivity index (χ2n) is 9.04. The van der Waals surface area contributed by atoms with E-state index in [0.29, 0.717) is 35.6 Å². The first-order valence-electron chi connectivity index (χ1n) is 11.4. The molecule has 2 aromatic heterocycles. The maximum atomic E-state index is 15.4. The number of fused-ring (bicyclic) bond motifs is 1. The van der Waals surface area contributed by atoms with E-state index < -0.39 is 24.1 Å². The normalized spacial score (nSPS) is 22.8. The summed E-state index contributed by atoms with van der Waals surface area (Å²) in [5.41, 5.74) is 1.56. The van der Waals surface area contributed by atoms with Crippen molar-refractivity contribution in [3.05, 3.63) is 35.0 Å². The Morgan fingerprint density at radius 1 is 1.29 bits per heavy atom. The maximum Gasteiger partial charge on any atom is 0.410 e. The molecule has 2 fully saturated rings. The zero-order valence-corrected chi connectivity index (χ0v) is 20.3. The van der Waals surface area contributed by atoms with Gasteiger partial charge in [-0.15, -0.1) is 0 Å². The first-order chi connectivity index (χ1) is 16.7. The molecule has 0 radical (unpaired) electrons. The van der Waals surface area contributed by atoms with E-state index in [0.717, 1.165) is 0 Å². The number of likely N-dealkylation sites (N-methyl/N-ethyl adjacent to an activating group) is 1. The molecular weight excluding hydrogens is 479 g/mol. The van der Waals surface area contributed by atoms with E-state index >= 15 is 4.39 Å². The number of carbonyl (C=O) groups is 1. The average molecular weight is 505 g/mol. The number of hydrogen-bond acceptors (Lipinski definition) is 8. The van der Waals surface area contributed by atoms with Crippen molar-refractivity contribution in [1.29, 1.82) is 0 Å². The van der Waals surface area contributed by atoms with Crippen molar-refractivity contribution in [2.45, 2.75) is 44.5 Å². The van der Waals surface area contributed by atoms with Crippen molar-refractivity contribution < 1.29 is 23.8 Å². The van der Waals surface area contributed by atoms with Gasteiger partial charge in [0.25, 0.3) is 0 Å². The Morgan fingerprint density at radius 3 is 2.77 bits per heavy atom. The van der Waals surface area contributed by atoms with Crippen LogP contribution in [0.25, 0.3) is 22.3 Å². The molecule has 35 heavy (non-hydrogen) atoms. The van der Waals surface area contributed by atoms with Crippen LogP contribution in [0.1, 0.15) is 38.2 Å². The van der Waals surface area contributed by atoms with Crippen molar-refractivity contribution in [2.24, 2.45) is 0 Å². The number of carbonyl (C=O) groups excluding carboxylic acids is 1. The molecule has 1 amide bonds. The van der Waals surface area contributed by atoms with E-state index in [4.69, 9.17) is 21.1 Å². The van der Waals surface area contributed by atoms with Crippen LogP contribution in [0.5, 0.6) is 0 Å². The second-order valence-corrected chi connectivity index (χ2v) is 9.44. The van der Waals surface area contributed by atoms with Gasteiger partial charge >= 0.3 is 6.09 Å². The van der Waals surface area contributed by atoms with Crippen LogP contribution in [0.4, 0.5) is 15.1 Å². The molecule has 4 heterocycles. The average Bonchev–Trinajstić information content (AvgIpc) is 3.37. The van der Waals surface area contributed by atoms with E-state index in [2.05, 4.69) is 20.3 Å². The Hall–Kier alpha value is -3.02. The Morgan fingerprint density at radius 2 is 2.09 bits per heavy atom. The lowest BCUT2D eigenvalue weighted by molar-refractivity contribution is -0.0136. The number of anilines is 1. The Kier molecular flexibility index (Phi) is 6.24. The molecule has 10 nitrogen and oxygen atoms in total. The number of halogens is 2. The molecule has 0 spiro atoms. The van der Waals surface area contributed by atoms with Crippen LogP contribution in [0.2, 0.25) is 5.02 Å². The third kappa shape index (κ3) is 4.28. The van der Waals surface area contributed by atoms with Crippen LogP contribution in [0, 0.1) is 5.82 Å². The first-order valence-corrected chi connectivity index (χ1v) is 11.8. The molecule has 3 atom stereocenters. The Balaban J connectivity index is 1.57. The summed E-state index contributed by atoms with van der Waals surface area (Å²) in [6, 6.07) is 2.36. The lowest BCUT2D eigenvalue weighted by Crippen LogP contribution is -2.42. The molecule has 0 saturated carbocycles. The number of amides is 1. The predicted octanol–water partition coefficient (Wildman–Crippen LogP) is 3.55. The van der Waals surface area contributed by atoms with Gasteiger partial charge in [-0.3, -0.25) is 4.90 Å². The topological polar surface area (TPSA) is 115 Å². The molecule has 0 aliphatic carbocycles. The number of nitrogens with one attached hydrogen (secondary N) is 1. The monoisotopic (exact) mass is 504 g/mol. The molecular formula is C23H26ClFN6O4. The van der Waals surface area contributed by atoms with Gasteiger partial charge in [0.2, 0.25) is 5.95 Å². The van der Waals surface area contributed by atoms with Gasteiger partial charge < -0.3 is 24.5 Å². The first kappa shape index (κ1) is 23.7. The van der Waals surface area contributed by atoms with Gasteiger partial charge in [-0.1, -0.05) is 11.6 Å². The minimum atomic E-state index is -0.691. The van der Waals surface area contributed by atoms with Crippen molar-refractivity contribution in [3.63, 3.8) is 0 Å². The summed E-state index contributed by atoms with van der Waals surface area (Å²) in [6.45, 7) is 4.82. The summed E-state index contributed by atoms with van der Waals surface area (Å²) < 4.78 is 27.7. The van der Waals surface area contributed by atoms with Crippen molar-refractivity contribution in [1.82, 2.24) is 24.4 Å². The zero-order chi connectivity index (χ0) is 24.9. The summed E-state index contributed by atoms with van der Waals surface area (Å²) in [5, 5.41) is 13.6. The number of aromatic nitrogens is 4. The number of ether oxygens (including phenoxy) is 2. The van der Waals surface area contributed by atoms with Crippen molar-refractivity contribution in [3.8, 4) is 11.3 Å². The number of hydrogen-bond donors (Lipinski definition) is 2. The minimum Gasteiger partial charge on any atom is -0.447 e. The van der Waals surface area contributed by atoms with Crippen molar-refractivity contribution >= 4 is 34.7 Å². The molecule has 3 aromatic rings. The van der Waals surface area contributed by atoms with Gasteiger partial charge in [-0.05, 0) is 32.4 Å². The molecule has 2 aliphatic rings. The van der Waals surface area contributed by atoms with E-state index in [-0.39, 0.29) is 41.8 Å². The summed E-state index contributed by atoms with van der Waals surface area (Å²) in [4.78, 5) is 26.7. The van der Waals surface area contributed by atoms with Gasteiger partial charge in [0.05, 0.1) is 41.2 Å². The largest absolute Gasteiger partial charge is 0.447 e. The summed E-state index contributed by atoms with van der Waals surface area (Å²) >= 11 is 6.42. The highest BCUT2D eigenvalue weighted by atomic mass is 35.5. The number of benzene rings is 1. The van der Waals surface area contributed by atoms with Gasteiger partial charge in [-0.2, -0.15) is 0 Å². The third-order valence-corrected chi connectivity index (χ3v) is 6.65. The van der Waals surface area contributed by atoms with Gasteiger partial charge in [0.15, 0.2) is 5.82 Å². The van der Waals surface area contributed by atoms with Crippen LogP contribution in [-0.4, -0.2) is 74.6 Å². The summed E-state index contributed by atoms with van der Waals surface area (Å²) in [7, 11) is 1.64. The molecule has 0 unspecified atom stereocenters. The number of aliphatic hydroxyl groups excluding tert-OH is 1. The minimum absolute atomic E-state index is 0.0677. The summed E-state index contributed by atoms with van der Waals surface area (Å²) in [5.74, 6) is 0.288. The van der Waals surface area contributed by atoms with Crippen LogP contribution in [0.3, 0.4) is 0 Å². The molecule has 2 aliphatic heterocycles. The molecule has 2 N–H and O–H groups in total. The van der Waals surface area contributed by atoms with Crippen LogP contribution in [0.15, 0.2) is 18.3 Å². The number of imidazole rings is 1. The zero-order valence-electron chi connectivity index (χ0n) is 19.5. The highest BCUT2D eigenvalue weighted by Gasteiger charge is 2.36. The molecule has 0 bridgehead atoms. The number of cyclic esters (lactones) is 1. The highest BCUT2D eigenvalue weighted by Crippen LogP contribution is 2.35. The molecule has 2 saturated heterocycles. The third-order valence-electron chi connectivity index (χ3n) is 6.37. The van der Waals surface area contributed by atoms with Gasteiger partial charge in [0, 0.05) is 25.3 Å². The van der Waals surface area contributed by atoms with Crippen LogP contribution in [-0.2, 0) is 9.47 Å². The smallest absolute Gasteiger partial charge is 0.410 e. The fraction of sp³-hybridized carbons (Fsp3) is 0.478. The summed E-state index contributed by atoms with van der Waals surface area (Å²) in [6.07, 6.45) is 0.910. The maximum absolute atomic E-state index is 15.4. The molecule has 1 aromatic carbocycles. The van der Waals surface area contributed by atoms with E-state index in [1.165, 1.54) is 17.2 Å². The fourth-order valence-electron chi connectivity index (χ4n) is 4.52. The lowest BCUT2D eigenvalue weighted by atomic mass is 10.1. The SMILES string of the molecule is CC(C)n1c([C@@H]2COC(=O)N2C)nc2c(F)cc(-c3nc(N[C@@H]4CCOC[C@H]4O)ncc3Cl)cc21. The second kappa shape index (κ2) is 9.21. The fourth-order valence-corrected chi connectivity index (χ4v) is 4.72. The van der Waals surface area contributed by atoms with Crippen LogP contribution >= 0.6 is 11.6 Å². The van der Waals surface area contributed by atoms with E-state index in [1.54, 1.807) is 13.1 Å². The Bertz CT molecular complexity index is 1280. The lowest BCUT2D eigenvalue weighted by Gasteiger charge is -2.28. The van der Waals surface area contributed by atoms with Gasteiger partial charge in [0.1, 0.15) is 24.0 Å². The predicted molar refractivity (Wildman–Crippen MR) is 127 cm³/mol. The number of nitrogens with zero attached hydrogens (tertiary/aromatic N) is 5.